The molecule has 0 aromatic carbocycles. The quantitative estimate of drug-likeness (QED) is 0.733. The van der Waals surface area contributed by atoms with Gasteiger partial charge in [0.1, 0.15) is 6.04 Å². The lowest BCUT2D eigenvalue weighted by atomic mass is 9.75. The Morgan fingerprint density at radius 1 is 1.47 bits per heavy atom. The van der Waals surface area contributed by atoms with Crippen LogP contribution in [0.4, 0.5) is 4.79 Å². The minimum absolute atomic E-state index is 0.0655. The summed E-state index contributed by atoms with van der Waals surface area (Å²) >= 11 is 5.63. The van der Waals surface area contributed by atoms with E-state index in [1.54, 1.807) is 6.92 Å². The number of Topliss-reactive ketones (excluding diaryl/α,β-unsaturated/α-hetero) is 1. The van der Waals surface area contributed by atoms with Crippen LogP contribution < -0.4 is 0 Å². The molecule has 98 valence electrons. The summed E-state index contributed by atoms with van der Waals surface area (Å²) in [5, 5.41) is 0. The Morgan fingerprint density at radius 3 is 2.65 bits per heavy atom. The summed E-state index contributed by atoms with van der Waals surface area (Å²) in [6.07, 6.45) is 1.39. The van der Waals surface area contributed by atoms with Crippen molar-refractivity contribution in [1.29, 1.82) is 0 Å². The Morgan fingerprint density at radius 2 is 2.12 bits per heavy atom. The molecule has 1 aliphatic rings. The Hall–Kier alpha value is -0.770. The van der Waals surface area contributed by atoms with Gasteiger partial charge in [-0.3, -0.25) is 9.69 Å². The molecular formula is C12H20ClNO3. The van der Waals surface area contributed by atoms with Gasteiger partial charge in [-0.2, -0.15) is 0 Å². The molecule has 1 saturated heterocycles. The van der Waals surface area contributed by atoms with Crippen LogP contribution >= 0.6 is 11.6 Å². The third kappa shape index (κ3) is 3.12. The van der Waals surface area contributed by atoms with Crippen LogP contribution in [0.1, 0.15) is 33.6 Å². The van der Waals surface area contributed by atoms with Crippen molar-refractivity contribution in [1.82, 2.24) is 4.90 Å². The van der Waals surface area contributed by atoms with E-state index in [-0.39, 0.29) is 17.1 Å². The van der Waals surface area contributed by atoms with E-state index in [0.29, 0.717) is 13.2 Å². The van der Waals surface area contributed by atoms with Crippen molar-refractivity contribution in [2.75, 3.05) is 19.0 Å². The first-order valence-electron chi connectivity index (χ1n) is 5.96. The SMILES string of the molecule is CCOC(=O)N1CCCC(C)(C)C1C(=O)CCl. The van der Waals surface area contributed by atoms with E-state index < -0.39 is 12.1 Å². The first kappa shape index (κ1) is 14.3. The van der Waals surface area contributed by atoms with Crippen molar-refractivity contribution in [2.24, 2.45) is 5.41 Å². The van der Waals surface area contributed by atoms with Gasteiger partial charge in [0.15, 0.2) is 5.78 Å². The number of hydrogen-bond donors (Lipinski definition) is 0. The summed E-state index contributed by atoms with van der Waals surface area (Å²) in [6.45, 7) is 6.62. The van der Waals surface area contributed by atoms with E-state index >= 15 is 0 Å². The molecule has 0 radical (unpaired) electrons. The summed E-state index contributed by atoms with van der Waals surface area (Å²) in [5.74, 6) is -0.172. The highest BCUT2D eigenvalue weighted by molar-refractivity contribution is 6.28. The van der Waals surface area contributed by atoms with Gasteiger partial charge >= 0.3 is 6.09 Å². The number of amides is 1. The topological polar surface area (TPSA) is 46.6 Å². The van der Waals surface area contributed by atoms with Crippen LogP contribution in [-0.2, 0) is 9.53 Å². The van der Waals surface area contributed by atoms with Crippen molar-refractivity contribution in [2.45, 2.75) is 39.7 Å². The Kier molecular flexibility index (Phi) is 4.80. The van der Waals surface area contributed by atoms with Crippen molar-refractivity contribution >= 4 is 23.5 Å². The number of ketones is 1. The van der Waals surface area contributed by atoms with Gasteiger partial charge < -0.3 is 4.74 Å². The fourth-order valence-corrected chi connectivity index (χ4v) is 2.62. The second-order valence-corrected chi connectivity index (χ2v) is 5.25. The van der Waals surface area contributed by atoms with Crippen LogP contribution in [0, 0.1) is 5.41 Å². The predicted molar refractivity (Wildman–Crippen MR) is 66.3 cm³/mol. The van der Waals surface area contributed by atoms with Crippen LogP contribution in [0.3, 0.4) is 0 Å². The van der Waals surface area contributed by atoms with Crippen molar-refractivity contribution < 1.29 is 14.3 Å². The number of halogens is 1. The zero-order valence-corrected chi connectivity index (χ0v) is 11.4. The third-order valence-electron chi connectivity index (χ3n) is 3.21. The lowest BCUT2D eigenvalue weighted by molar-refractivity contribution is -0.127. The van der Waals surface area contributed by atoms with Crippen LogP contribution in [-0.4, -0.2) is 41.8 Å². The maximum atomic E-state index is 11.9. The van der Waals surface area contributed by atoms with Gasteiger partial charge in [0.25, 0.3) is 0 Å². The number of nitrogens with zero attached hydrogens (tertiary/aromatic N) is 1. The largest absolute Gasteiger partial charge is 0.450 e. The number of alkyl halides is 1. The molecule has 0 aromatic heterocycles. The van der Waals surface area contributed by atoms with Crippen LogP contribution in [0.5, 0.6) is 0 Å². The highest BCUT2D eigenvalue weighted by Gasteiger charge is 2.44. The monoisotopic (exact) mass is 261 g/mol. The summed E-state index contributed by atoms with van der Waals surface area (Å²) in [6, 6.07) is -0.465. The van der Waals surface area contributed by atoms with Gasteiger partial charge in [0.2, 0.25) is 0 Å². The Labute approximate surface area is 107 Å². The average molecular weight is 262 g/mol. The maximum absolute atomic E-state index is 11.9. The van der Waals surface area contributed by atoms with Crippen molar-refractivity contribution in [3.8, 4) is 0 Å². The molecule has 1 atom stereocenters. The normalized spacial score (nSPS) is 23.3. The van der Waals surface area contributed by atoms with Crippen LogP contribution in [0.15, 0.2) is 0 Å². The minimum atomic E-state index is -0.465. The zero-order valence-electron chi connectivity index (χ0n) is 10.7. The van der Waals surface area contributed by atoms with Gasteiger partial charge in [-0.05, 0) is 25.2 Å². The number of rotatable bonds is 3. The molecule has 0 saturated carbocycles. The summed E-state index contributed by atoms with van der Waals surface area (Å²) < 4.78 is 4.99. The molecule has 1 amide bonds. The van der Waals surface area contributed by atoms with Crippen molar-refractivity contribution in [3.63, 3.8) is 0 Å². The van der Waals surface area contributed by atoms with Gasteiger partial charge in [-0.1, -0.05) is 13.8 Å². The fraction of sp³-hybridized carbons (Fsp3) is 0.833. The lowest BCUT2D eigenvalue weighted by Crippen LogP contribution is -2.56. The van der Waals surface area contributed by atoms with Crippen molar-refractivity contribution in [3.05, 3.63) is 0 Å². The molecule has 1 unspecified atom stereocenters. The van der Waals surface area contributed by atoms with E-state index in [1.165, 1.54) is 4.90 Å². The molecule has 1 rings (SSSR count). The number of carbonyl (C=O) groups excluding carboxylic acids is 2. The first-order chi connectivity index (χ1) is 7.94. The predicted octanol–water partition coefficient (Wildman–Crippen LogP) is 2.44. The maximum Gasteiger partial charge on any atom is 0.410 e. The molecule has 0 aliphatic carbocycles. The van der Waals surface area contributed by atoms with Gasteiger partial charge in [0, 0.05) is 6.54 Å². The number of likely N-dealkylation sites (tertiary alicyclic amines) is 1. The second kappa shape index (κ2) is 5.71. The molecule has 0 bridgehead atoms. The molecule has 0 spiro atoms. The van der Waals surface area contributed by atoms with E-state index in [9.17, 15) is 9.59 Å². The summed E-state index contributed by atoms with van der Waals surface area (Å²) in [7, 11) is 0. The van der Waals surface area contributed by atoms with Gasteiger partial charge in [0.05, 0.1) is 12.5 Å². The zero-order chi connectivity index (χ0) is 13.1. The second-order valence-electron chi connectivity index (χ2n) is 4.99. The van der Waals surface area contributed by atoms with Gasteiger partial charge in [-0.15, -0.1) is 11.6 Å². The number of carbonyl (C=O) groups is 2. The lowest BCUT2D eigenvalue weighted by Gasteiger charge is -2.44. The highest BCUT2D eigenvalue weighted by Crippen LogP contribution is 2.36. The number of hydrogen-bond acceptors (Lipinski definition) is 3. The third-order valence-corrected chi connectivity index (χ3v) is 3.47. The first-order valence-corrected chi connectivity index (χ1v) is 6.49. The van der Waals surface area contributed by atoms with Gasteiger partial charge in [-0.25, -0.2) is 4.79 Å². The summed E-state index contributed by atoms with van der Waals surface area (Å²) in [5.41, 5.74) is -0.239. The molecule has 4 nitrogen and oxygen atoms in total. The van der Waals surface area contributed by atoms with E-state index in [1.807, 2.05) is 13.8 Å². The molecule has 0 aromatic rings. The standard InChI is InChI=1S/C12H20ClNO3/c1-4-17-11(16)14-7-5-6-12(2,3)10(14)9(15)8-13/h10H,4-8H2,1-3H3. The molecule has 1 fully saturated rings. The highest BCUT2D eigenvalue weighted by atomic mass is 35.5. The number of ether oxygens (including phenoxy) is 1. The van der Waals surface area contributed by atoms with E-state index in [4.69, 9.17) is 16.3 Å². The Balaban J connectivity index is 2.92. The number of piperidine rings is 1. The van der Waals surface area contributed by atoms with Crippen LogP contribution in [0.2, 0.25) is 0 Å². The molecule has 0 N–H and O–H groups in total. The van der Waals surface area contributed by atoms with Crippen LogP contribution in [0.25, 0.3) is 0 Å². The smallest absolute Gasteiger partial charge is 0.410 e. The Bertz CT molecular complexity index is 304. The molecule has 5 heteroatoms. The molecule has 1 aliphatic heterocycles. The average Bonchev–Trinajstić information content (AvgIpc) is 2.27. The molecular weight excluding hydrogens is 242 g/mol. The van der Waals surface area contributed by atoms with E-state index in [2.05, 4.69) is 0 Å². The van der Waals surface area contributed by atoms with E-state index in [0.717, 1.165) is 12.8 Å². The molecule has 1 heterocycles. The minimum Gasteiger partial charge on any atom is -0.450 e. The fourth-order valence-electron chi connectivity index (χ4n) is 2.48. The summed E-state index contributed by atoms with van der Waals surface area (Å²) in [4.78, 5) is 25.3. The molecule has 17 heavy (non-hydrogen) atoms.